The Morgan fingerprint density at radius 1 is 0.897 bits per heavy atom. The lowest BCUT2D eigenvalue weighted by atomic mass is 9.99. The third-order valence-corrected chi connectivity index (χ3v) is 5.02. The average molecular weight is 398 g/mol. The maximum atomic E-state index is 12.3. The van der Waals surface area contributed by atoms with Crippen molar-refractivity contribution in [3.8, 4) is 0 Å². The van der Waals surface area contributed by atoms with Gasteiger partial charge in [-0.25, -0.2) is 4.79 Å². The van der Waals surface area contributed by atoms with E-state index in [0.29, 0.717) is 45.5 Å². The van der Waals surface area contributed by atoms with Crippen molar-refractivity contribution in [2.75, 3.05) is 32.9 Å². The number of carbonyl (C=O) groups is 1. The van der Waals surface area contributed by atoms with E-state index in [4.69, 9.17) is 14.2 Å². The lowest BCUT2D eigenvalue weighted by molar-refractivity contribution is 0.0347. The molecule has 0 aromatic heterocycles. The minimum Gasteiger partial charge on any atom is -0.445 e. The van der Waals surface area contributed by atoms with Gasteiger partial charge >= 0.3 is 6.09 Å². The van der Waals surface area contributed by atoms with Gasteiger partial charge in [0.15, 0.2) is 0 Å². The third-order valence-electron chi connectivity index (χ3n) is 5.02. The number of benzene rings is 2. The highest BCUT2D eigenvalue weighted by molar-refractivity contribution is 5.67. The Morgan fingerprint density at radius 3 is 2.28 bits per heavy atom. The van der Waals surface area contributed by atoms with Crippen LogP contribution in [0.4, 0.5) is 4.79 Å². The van der Waals surface area contributed by atoms with E-state index in [1.165, 1.54) is 5.56 Å². The Morgan fingerprint density at radius 2 is 1.55 bits per heavy atom. The number of nitrogens with zero attached hydrogens (tertiary/aromatic N) is 1. The van der Waals surface area contributed by atoms with Crippen LogP contribution < -0.4 is 0 Å². The van der Waals surface area contributed by atoms with Crippen LogP contribution in [0.25, 0.3) is 0 Å². The van der Waals surface area contributed by atoms with Crippen LogP contribution in [0, 0.1) is 5.92 Å². The maximum absolute atomic E-state index is 12.3. The molecule has 29 heavy (non-hydrogen) atoms. The molecule has 1 unspecified atom stereocenters. The summed E-state index contributed by atoms with van der Waals surface area (Å²) in [5, 5.41) is 0. The molecule has 1 heterocycles. The summed E-state index contributed by atoms with van der Waals surface area (Å²) in [6.45, 7) is 4.49. The molecule has 3 rings (SSSR count). The van der Waals surface area contributed by atoms with E-state index in [2.05, 4.69) is 12.1 Å². The molecule has 0 saturated carbocycles. The predicted octanol–water partition coefficient (Wildman–Crippen LogP) is 4.66. The van der Waals surface area contributed by atoms with Gasteiger partial charge in [-0.05, 0) is 30.4 Å². The van der Waals surface area contributed by atoms with Gasteiger partial charge in [-0.1, -0.05) is 60.7 Å². The molecular weight excluding hydrogens is 366 g/mol. The minimum absolute atomic E-state index is 0.229. The molecule has 2 aromatic carbocycles. The molecule has 0 N–H and O–H groups in total. The Balaban J connectivity index is 1.25. The first-order valence-electron chi connectivity index (χ1n) is 10.5. The summed E-state index contributed by atoms with van der Waals surface area (Å²) in [6.07, 6.45) is 2.73. The molecule has 156 valence electrons. The molecule has 5 nitrogen and oxygen atoms in total. The van der Waals surface area contributed by atoms with Crippen molar-refractivity contribution in [1.82, 2.24) is 4.90 Å². The Labute approximate surface area is 173 Å². The predicted molar refractivity (Wildman–Crippen MR) is 112 cm³/mol. The van der Waals surface area contributed by atoms with Crippen LogP contribution in [0.1, 0.15) is 30.4 Å². The first-order chi connectivity index (χ1) is 14.3. The van der Waals surface area contributed by atoms with Crippen LogP contribution in [0.3, 0.4) is 0 Å². The van der Waals surface area contributed by atoms with Gasteiger partial charge in [0.1, 0.15) is 6.61 Å². The fraction of sp³-hybridized carbons (Fsp3) is 0.458. The van der Waals surface area contributed by atoms with Gasteiger partial charge in [0, 0.05) is 32.2 Å². The molecular formula is C24H31NO4. The third kappa shape index (κ3) is 7.87. The van der Waals surface area contributed by atoms with Crippen molar-refractivity contribution < 1.29 is 19.0 Å². The second-order valence-corrected chi connectivity index (χ2v) is 7.46. The monoisotopic (exact) mass is 397 g/mol. The van der Waals surface area contributed by atoms with Gasteiger partial charge in [-0.2, -0.15) is 0 Å². The van der Waals surface area contributed by atoms with Gasteiger partial charge in [0.2, 0.25) is 0 Å². The highest BCUT2D eigenvalue weighted by Gasteiger charge is 2.24. The first-order valence-corrected chi connectivity index (χ1v) is 10.5. The van der Waals surface area contributed by atoms with Gasteiger partial charge in [-0.3, -0.25) is 0 Å². The second-order valence-electron chi connectivity index (χ2n) is 7.46. The van der Waals surface area contributed by atoms with Crippen molar-refractivity contribution in [1.29, 1.82) is 0 Å². The molecule has 1 amide bonds. The largest absolute Gasteiger partial charge is 0.445 e. The van der Waals surface area contributed by atoms with Crippen LogP contribution in [0.5, 0.6) is 0 Å². The summed E-state index contributed by atoms with van der Waals surface area (Å²) in [7, 11) is 0. The Kier molecular flexibility index (Phi) is 9.01. The molecule has 2 aromatic rings. The van der Waals surface area contributed by atoms with E-state index in [0.717, 1.165) is 31.4 Å². The normalized spacial score (nSPS) is 16.6. The molecule has 0 spiro atoms. The molecule has 1 aliphatic heterocycles. The van der Waals surface area contributed by atoms with Crippen molar-refractivity contribution in [3.05, 3.63) is 71.8 Å². The average Bonchev–Trinajstić information content (AvgIpc) is 2.78. The molecule has 1 saturated heterocycles. The number of carbonyl (C=O) groups excluding carboxylic acids is 1. The molecule has 1 fully saturated rings. The van der Waals surface area contributed by atoms with Crippen LogP contribution >= 0.6 is 0 Å². The SMILES string of the molecule is O=C(OCc1ccccc1)N1CCCC(COCCCOCc2ccccc2)C1. The van der Waals surface area contributed by atoms with Crippen LogP contribution in [-0.4, -0.2) is 43.9 Å². The van der Waals surface area contributed by atoms with E-state index in [1.54, 1.807) is 0 Å². The maximum Gasteiger partial charge on any atom is 0.410 e. The summed E-state index contributed by atoms with van der Waals surface area (Å²) < 4.78 is 17.0. The second kappa shape index (κ2) is 12.2. The summed E-state index contributed by atoms with van der Waals surface area (Å²) in [5.41, 5.74) is 2.20. The fourth-order valence-corrected chi connectivity index (χ4v) is 3.45. The quantitative estimate of drug-likeness (QED) is 0.547. The molecule has 5 heteroatoms. The van der Waals surface area contributed by atoms with Crippen LogP contribution in [0.15, 0.2) is 60.7 Å². The van der Waals surface area contributed by atoms with Crippen molar-refractivity contribution in [3.63, 3.8) is 0 Å². The zero-order chi connectivity index (χ0) is 20.2. The Hall–Kier alpha value is -2.37. The number of amides is 1. The number of piperidine rings is 1. The smallest absolute Gasteiger partial charge is 0.410 e. The fourth-order valence-electron chi connectivity index (χ4n) is 3.45. The first kappa shape index (κ1) is 21.3. The van der Waals surface area contributed by atoms with E-state index >= 15 is 0 Å². The zero-order valence-corrected chi connectivity index (χ0v) is 17.0. The number of rotatable bonds is 10. The van der Waals surface area contributed by atoms with Crippen molar-refractivity contribution in [2.45, 2.75) is 32.5 Å². The highest BCUT2D eigenvalue weighted by atomic mass is 16.6. The highest BCUT2D eigenvalue weighted by Crippen LogP contribution is 2.18. The van der Waals surface area contributed by atoms with Gasteiger partial charge in [-0.15, -0.1) is 0 Å². The summed E-state index contributed by atoms with van der Waals surface area (Å²) in [4.78, 5) is 14.1. The standard InChI is InChI=1S/C24H31NO4/c26-24(29-20-22-11-5-2-6-12-22)25-14-7-13-23(17-25)19-28-16-8-15-27-18-21-9-3-1-4-10-21/h1-6,9-12,23H,7-8,13-20H2. The molecule has 0 bridgehead atoms. The van der Waals surface area contributed by atoms with Crippen molar-refractivity contribution in [2.24, 2.45) is 5.92 Å². The minimum atomic E-state index is -0.229. The summed E-state index contributed by atoms with van der Waals surface area (Å²) >= 11 is 0. The molecule has 1 aliphatic rings. The van der Waals surface area contributed by atoms with E-state index in [-0.39, 0.29) is 6.09 Å². The van der Waals surface area contributed by atoms with Gasteiger partial charge in [0.05, 0.1) is 13.2 Å². The number of hydrogen-bond donors (Lipinski definition) is 0. The number of hydrogen-bond acceptors (Lipinski definition) is 4. The summed E-state index contributed by atoms with van der Waals surface area (Å²) in [6, 6.07) is 20.0. The van der Waals surface area contributed by atoms with E-state index in [1.807, 2.05) is 53.4 Å². The molecule has 0 aliphatic carbocycles. The van der Waals surface area contributed by atoms with Crippen LogP contribution in [-0.2, 0) is 27.4 Å². The van der Waals surface area contributed by atoms with Crippen LogP contribution in [0.2, 0.25) is 0 Å². The van der Waals surface area contributed by atoms with Crippen molar-refractivity contribution >= 4 is 6.09 Å². The van der Waals surface area contributed by atoms with Gasteiger partial charge < -0.3 is 19.1 Å². The lowest BCUT2D eigenvalue weighted by Crippen LogP contribution is -2.41. The number of ether oxygens (including phenoxy) is 3. The van der Waals surface area contributed by atoms with E-state index in [9.17, 15) is 4.79 Å². The zero-order valence-electron chi connectivity index (χ0n) is 17.0. The topological polar surface area (TPSA) is 48.0 Å². The van der Waals surface area contributed by atoms with E-state index < -0.39 is 0 Å². The summed E-state index contributed by atoms with van der Waals surface area (Å²) in [5.74, 6) is 0.373. The Bertz CT molecular complexity index is 707. The molecule has 0 radical (unpaired) electrons. The van der Waals surface area contributed by atoms with Gasteiger partial charge in [0.25, 0.3) is 0 Å². The lowest BCUT2D eigenvalue weighted by Gasteiger charge is -2.31. The number of likely N-dealkylation sites (tertiary alicyclic amines) is 1. The molecule has 1 atom stereocenters.